The van der Waals surface area contributed by atoms with Crippen molar-refractivity contribution in [2.24, 2.45) is 0 Å². The number of amides is 1. The second-order valence-electron chi connectivity index (χ2n) is 6.68. The second-order valence-corrected chi connectivity index (χ2v) is 6.68. The maximum atomic E-state index is 12.5. The van der Waals surface area contributed by atoms with Crippen LogP contribution < -0.4 is 10.6 Å². The van der Waals surface area contributed by atoms with Crippen molar-refractivity contribution in [1.82, 2.24) is 10.6 Å². The Labute approximate surface area is 122 Å². The Morgan fingerprint density at radius 2 is 1.85 bits per heavy atom. The molecule has 4 nitrogen and oxygen atoms in total. The summed E-state index contributed by atoms with van der Waals surface area (Å²) in [6.45, 7) is 3.46. The molecule has 20 heavy (non-hydrogen) atoms. The Bertz CT molecular complexity index is 316. The molecule has 1 saturated heterocycles. The van der Waals surface area contributed by atoms with Crippen LogP contribution in [0, 0.1) is 0 Å². The first-order valence-corrected chi connectivity index (χ1v) is 8.36. The summed E-state index contributed by atoms with van der Waals surface area (Å²) in [6, 6.07) is 0. The molecule has 2 rings (SSSR count). The van der Waals surface area contributed by atoms with Gasteiger partial charge >= 0.3 is 0 Å². The van der Waals surface area contributed by atoms with Crippen LogP contribution in [0.4, 0.5) is 0 Å². The number of hydrogen-bond acceptors (Lipinski definition) is 3. The molecule has 0 radical (unpaired) electrons. The lowest BCUT2D eigenvalue weighted by Gasteiger charge is -2.32. The molecule has 1 amide bonds. The van der Waals surface area contributed by atoms with E-state index in [0.717, 1.165) is 57.9 Å². The quantitative estimate of drug-likeness (QED) is 0.677. The highest BCUT2D eigenvalue weighted by atomic mass is 16.3. The van der Waals surface area contributed by atoms with E-state index >= 15 is 0 Å². The van der Waals surface area contributed by atoms with E-state index in [-0.39, 0.29) is 11.4 Å². The lowest BCUT2D eigenvalue weighted by molar-refractivity contribution is -0.128. The Kier molecular flexibility index (Phi) is 5.44. The molecule has 1 aliphatic carbocycles. The molecule has 116 valence electrons. The van der Waals surface area contributed by atoms with Crippen LogP contribution >= 0.6 is 0 Å². The molecule has 4 heteroatoms. The number of carbonyl (C=O) groups is 1. The minimum absolute atomic E-state index is 0.0921. The van der Waals surface area contributed by atoms with Gasteiger partial charge in [-0.15, -0.1) is 0 Å². The first-order chi connectivity index (χ1) is 9.60. The van der Waals surface area contributed by atoms with Gasteiger partial charge in [0, 0.05) is 6.54 Å². The third kappa shape index (κ3) is 3.73. The minimum Gasteiger partial charge on any atom is -0.388 e. The Hall–Kier alpha value is -0.610. The van der Waals surface area contributed by atoms with E-state index in [1.165, 1.54) is 12.8 Å². The average molecular weight is 282 g/mol. The van der Waals surface area contributed by atoms with Crippen molar-refractivity contribution >= 4 is 5.91 Å². The molecule has 0 aromatic carbocycles. The molecule has 1 unspecified atom stereocenters. The molecule has 0 aromatic rings. The van der Waals surface area contributed by atoms with Crippen molar-refractivity contribution in [3.8, 4) is 0 Å². The number of carbonyl (C=O) groups excluding carboxylic acids is 1. The summed E-state index contributed by atoms with van der Waals surface area (Å²) in [5, 5.41) is 17.0. The number of hydrogen-bond donors (Lipinski definition) is 3. The van der Waals surface area contributed by atoms with Crippen LogP contribution in [-0.2, 0) is 4.79 Å². The molecular formula is C16H30N2O2. The van der Waals surface area contributed by atoms with E-state index in [1.807, 2.05) is 0 Å². The molecule has 1 atom stereocenters. The molecule has 3 N–H and O–H groups in total. The second kappa shape index (κ2) is 6.90. The SMILES string of the molecule is CCCC1(C(=O)NCC2(O)CCCCCC2)CCCN1. The van der Waals surface area contributed by atoms with E-state index in [4.69, 9.17) is 0 Å². The third-order valence-corrected chi connectivity index (χ3v) is 4.97. The molecule has 2 aliphatic rings. The molecule has 1 saturated carbocycles. The van der Waals surface area contributed by atoms with Crippen molar-refractivity contribution < 1.29 is 9.90 Å². The highest BCUT2D eigenvalue weighted by molar-refractivity contribution is 5.86. The Balaban J connectivity index is 1.89. The maximum Gasteiger partial charge on any atom is 0.240 e. The summed E-state index contributed by atoms with van der Waals surface area (Å²) in [5.41, 5.74) is -1.06. The van der Waals surface area contributed by atoms with Crippen molar-refractivity contribution in [2.45, 2.75) is 82.3 Å². The molecule has 0 aromatic heterocycles. The molecule has 0 bridgehead atoms. The zero-order valence-electron chi connectivity index (χ0n) is 12.8. The number of nitrogens with one attached hydrogen (secondary N) is 2. The number of aliphatic hydroxyl groups is 1. The minimum atomic E-state index is -0.682. The zero-order valence-corrected chi connectivity index (χ0v) is 12.8. The van der Waals surface area contributed by atoms with Crippen LogP contribution in [0.25, 0.3) is 0 Å². The normalized spacial score (nSPS) is 29.9. The lowest BCUT2D eigenvalue weighted by atomic mass is 9.89. The smallest absolute Gasteiger partial charge is 0.240 e. The van der Waals surface area contributed by atoms with Crippen LogP contribution in [-0.4, -0.2) is 35.2 Å². The molecular weight excluding hydrogens is 252 g/mol. The van der Waals surface area contributed by atoms with Gasteiger partial charge < -0.3 is 15.7 Å². The predicted molar refractivity (Wildman–Crippen MR) is 80.5 cm³/mol. The monoisotopic (exact) mass is 282 g/mol. The zero-order chi connectivity index (χ0) is 14.5. The van der Waals surface area contributed by atoms with Gasteiger partial charge in [0.15, 0.2) is 0 Å². The van der Waals surface area contributed by atoms with Gasteiger partial charge in [-0.3, -0.25) is 4.79 Å². The van der Waals surface area contributed by atoms with Crippen LogP contribution in [0.1, 0.15) is 71.1 Å². The summed E-state index contributed by atoms with van der Waals surface area (Å²) < 4.78 is 0. The molecule has 1 heterocycles. The fourth-order valence-corrected chi connectivity index (χ4v) is 3.73. The summed E-state index contributed by atoms with van der Waals surface area (Å²) in [7, 11) is 0. The summed E-state index contributed by atoms with van der Waals surface area (Å²) in [4.78, 5) is 12.5. The number of rotatable bonds is 5. The van der Waals surface area contributed by atoms with Gasteiger partial charge in [-0.1, -0.05) is 39.0 Å². The van der Waals surface area contributed by atoms with Gasteiger partial charge in [0.05, 0.1) is 11.1 Å². The van der Waals surface area contributed by atoms with Gasteiger partial charge in [0.1, 0.15) is 0 Å². The van der Waals surface area contributed by atoms with Gasteiger partial charge in [-0.05, 0) is 38.6 Å². The van der Waals surface area contributed by atoms with Crippen molar-refractivity contribution in [3.05, 3.63) is 0 Å². The third-order valence-electron chi connectivity index (χ3n) is 4.97. The average Bonchev–Trinajstić information content (AvgIpc) is 2.80. The van der Waals surface area contributed by atoms with E-state index < -0.39 is 5.60 Å². The van der Waals surface area contributed by atoms with Crippen LogP contribution in [0.3, 0.4) is 0 Å². The molecule has 1 aliphatic heterocycles. The van der Waals surface area contributed by atoms with Crippen LogP contribution in [0.5, 0.6) is 0 Å². The first kappa shape index (κ1) is 15.8. The predicted octanol–water partition coefficient (Wildman–Crippen LogP) is 2.11. The van der Waals surface area contributed by atoms with Crippen molar-refractivity contribution in [2.75, 3.05) is 13.1 Å². The highest BCUT2D eigenvalue weighted by Gasteiger charge is 2.40. The van der Waals surface area contributed by atoms with E-state index in [2.05, 4.69) is 17.6 Å². The molecule has 2 fully saturated rings. The van der Waals surface area contributed by atoms with Crippen molar-refractivity contribution in [1.29, 1.82) is 0 Å². The van der Waals surface area contributed by atoms with E-state index in [1.54, 1.807) is 0 Å². The lowest BCUT2D eigenvalue weighted by Crippen LogP contribution is -2.56. The maximum absolute atomic E-state index is 12.5. The van der Waals surface area contributed by atoms with Gasteiger partial charge in [0.2, 0.25) is 5.91 Å². The van der Waals surface area contributed by atoms with Gasteiger partial charge in [-0.25, -0.2) is 0 Å². The van der Waals surface area contributed by atoms with Gasteiger partial charge in [0.25, 0.3) is 0 Å². The largest absolute Gasteiger partial charge is 0.388 e. The molecule has 0 spiro atoms. The fraction of sp³-hybridized carbons (Fsp3) is 0.938. The summed E-state index contributed by atoms with van der Waals surface area (Å²) >= 11 is 0. The van der Waals surface area contributed by atoms with Crippen molar-refractivity contribution in [3.63, 3.8) is 0 Å². The highest BCUT2D eigenvalue weighted by Crippen LogP contribution is 2.28. The Morgan fingerprint density at radius 3 is 2.40 bits per heavy atom. The fourth-order valence-electron chi connectivity index (χ4n) is 3.73. The standard InChI is InChI=1S/C16H30N2O2/c1-2-8-16(11-7-12-18-16)14(19)17-13-15(20)9-5-3-4-6-10-15/h18,20H,2-13H2,1H3,(H,17,19). The van der Waals surface area contributed by atoms with E-state index in [9.17, 15) is 9.90 Å². The summed E-state index contributed by atoms with van der Waals surface area (Å²) in [5.74, 6) is 0.0921. The van der Waals surface area contributed by atoms with Gasteiger partial charge in [-0.2, -0.15) is 0 Å². The van der Waals surface area contributed by atoms with Crippen LogP contribution in [0.15, 0.2) is 0 Å². The summed E-state index contributed by atoms with van der Waals surface area (Å²) in [6.07, 6.45) is 10.1. The van der Waals surface area contributed by atoms with Crippen LogP contribution in [0.2, 0.25) is 0 Å². The van der Waals surface area contributed by atoms with E-state index in [0.29, 0.717) is 6.54 Å². The topological polar surface area (TPSA) is 61.4 Å². The first-order valence-electron chi connectivity index (χ1n) is 8.36. The Morgan fingerprint density at radius 1 is 1.15 bits per heavy atom.